The van der Waals surface area contributed by atoms with Gasteiger partial charge in [0.05, 0.1) is 18.5 Å². The van der Waals surface area contributed by atoms with Gasteiger partial charge >= 0.3 is 24.2 Å². The molecule has 8 aromatic heterocycles. The molecule has 5 aliphatic carbocycles. The highest BCUT2D eigenvalue weighted by molar-refractivity contribution is 5.95. The van der Waals surface area contributed by atoms with Crippen molar-refractivity contribution in [3.8, 4) is 34.8 Å². The fourth-order valence-electron chi connectivity index (χ4n) is 16.2. The van der Waals surface area contributed by atoms with Crippen LogP contribution >= 0.6 is 0 Å². The molecule has 672 valence electrons. The van der Waals surface area contributed by atoms with Crippen molar-refractivity contribution < 1.29 is 80.9 Å². The van der Waals surface area contributed by atoms with Gasteiger partial charge in [0.2, 0.25) is 30.0 Å². The van der Waals surface area contributed by atoms with Crippen LogP contribution < -0.4 is 27.4 Å². The number of unbranched alkanes of at least 4 members (excludes halogenated alkanes) is 1. The molecule has 5 spiro atoms. The number of amides is 8. The molecule has 18 rings (SSSR count). The van der Waals surface area contributed by atoms with Crippen molar-refractivity contribution in [2.45, 2.75) is 232 Å². The van der Waals surface area contributed by atoms with Crippen LogP contribution in [0.5, 0.6) is 0 Å². The largest absolute Gasteiger partial charge is 0.480 e. The highest BCUT2D eigenvalue weighted by atomic mass is 16.6. The molecule has 126 heavy (non-hydrogen) atoms. The van der Waals surface area contributed by atoms with Crippen LogP contribution in [-0.2, 0) is 33.4 Å². The Hall–Kier alpha value is -12.3. The number of hydroxylamine groups is 2. The lowest BCUT2D eigenvalue weighted by Gasteiger charge is -2.28. The number of carbonyl (C=O) groups excluding carboxylic acids is 8. The van der Waals surface area contributed by atoms with E-state index in [9.17, 15) is 48.4 Å². The van der Waals surface area contributed by atoms with Crippen molar-refractivity contribution in [2.24, 2.45) is 38.8 Å². The van der Waals surface area contributed by atoms with E-state index in [0.717, 1.165) is 95.7 Å². The quantitative estimate of drug-likeness (QED) is 0.0111. The number of rotatable bonds is 17. The molecule has 10 fully saturated rings. The molecular formula is C88H113N21O17. The van der Waals surface area contributed by atoms with Gasteiger partial charge in [0.15, 0.2) is 0 Å². The number of carboxylic acid groups (broad SMARTS) is 1. The molecule has 8 N–H and O–H groups in total. The number of hydrogen-bond acceptors (Lipinski definition) is 29. The van der Waals surface area contributed by atoms with Crippen LogP contribution in [0.25, 0.3) is 34.8 Å². The monoisotopic (exact) mass is 1740 g/mol. The third-order valence-electron chi connectivity index (χ3n) is 23.8. The van der Waals surface area contributed by atoms with E-state index in [0.29, 0.717) is 115 Å². The number of nitrogens with one attached hydrogen (secondary N) is 4. The van der Waals surface area contributed by atoms with Crippen molar-refractivity contribution in [3.05, 3.63) is 151 Å². The van der Waals surface area contributed by atoms with Gasteiger partial charge in [0.25, 0.3) is 35.4 Å². The number of aromatic nitrogens is 11. The number of nitrogen functional groups attached to an aromatic ring is 1. The van der Waals surface area contributed by atoms with Crippen molar-refractivity contribution in [1.29, 1.82) is 0 Å². The first-order chi connectivity index (χ1) is 60.0. The molecule has 5 saturated carbocycles. The summed E-state index contributed by atoms with van der Waals surface area (Å²) in [6.45, 7) is 21.8. The predicted molar refractivity (Wildman–Crippen MR) is 449 cm³/mol. The van der Waals surface area contributed by atoms with Crippen molar-refractivity contribution in [2.75, 3.05) is 39.3 Å². The highest BCUT2D eigenvalue weighted by Gasteiger charge is 2.60. The SMILES string of the molecule is CC(C)(C)OC(=O)N1CC2(CC2)C[C@H]1C(=O)NNC(=O)c1ccccn1.CC(C)(C)OC(=O)N1CC2(CC2)C[C@H]1C(=O)O.CC(C)(C)OC(=O)N1CC2(CC2)C[C@H]1c1nnc(-c2ccccn2)o1.CCCC[C@H](CN(O)C=O)C(=O)N1CC2(CC2)C[C@H]1c1nnc(-c2ccccn2)o1.NNC(=O)c1ccccn1.c1ccc(-c2nnc([C@@H]3CC4(CC4)CN3)o2)nc1. The van der Waals surface area contributed by atoms with E-state index in [-0.39, 0.29) is 69.9 Å². The van der Waals surface area contributed by atoms with E-state index in [1.807, 2.05) is 86.6 Å². The average Bonchev–Trinajstić information content (AvgIpc) is 1.60. The number of carbonyl (C=O) groups is 9. The maximum Gasteiger partial charge on any atom is 0.411 e. The smallest absolute Gasteiger partial charge is 0.411 e. The summed E-state index contributed by atoms with van der Waals surface area (Å²) < 4.78 is 33.7. The molecule has 38 heteroatoms. The number of nitrogens with zero attached hydrogens (tertiary/aromatic N) is 16. The second-order valence-corrected chi connectivity index (χ2v) is 37.5. The van der Waals surface area contributed by atoms with Gasteiger partial charge in [0.1, 0.15) is 69.4 Å². The molecule has 13 heterocycles. The van der Waals surface area contributed by atoms with Crippen LogP contribution in [-0.4, -0.2) is 213 Å². The predicted octanol–water partition coefficient (Wildman–Crippen LogP) is 11.6. The van der Waals surface area contributed by atoms with Crippen LogP contribution in [0.4, 0.5) is 14.4 Å². The summed E-state index contributed by atoms with van der Waals surface area (Å²) in [5, 5.41) is 47.8. The molecule has 8 aromatic rings. The number of hydrogen-bond donors (Lipinski definition) is 7. The van der Waals surface area contributed by atoms with E-state index in [4.69, 9.17) is 38.4 Å². The summed E-state index contributed by atoms with van der Waals surface area (Å²) in [7, 11) is 0. The van der Waals surface area contributed by atoms with Gasteiger partial charge in [-0.3, -0.25) is 85.1 Å². The molecular weight excluding hydrogens is 1620 g/mol. The van der Waals surface area contributed by atoms with Crippen LogP contribution in [0.15, 0.2) is 135 Å². The molecule has 0 aromatic carbocycles. The van der Waals surface area contributed by atoms with Gasteiger partial charge in [0, 0.05) is 63.7 Å². The Kier molecular flexibility index (Phi) is 27.7. The number of aliphatic carboxylic acids is 1. The maximum absolute atomic E-state index is 13.4. The van der Waals surface area contributed by atoms with E-state index >= 15 is 0 Å². The standard InChI is InChI=1S/C21H27N5O4.C18H24N4O4.C18H22N4O3.C13H14N4O.C12H19NO4.C6H7N3O/c1-2-3-6-15(12-25(29)14-27)20(28)26-13-21(8-9-21)11-17(26)19-24-23-18(30-19)16-7-4-5-10-22-16;1-17(2,3)26-16(25)22-11-18(7-8-18)10-13(22)15(24)21-20-14(23)12-6-4-5-9-19-12;1-17(2,3)25-16(23)22-11-18(7-8-18)10-13(22)15-21-20-14(24-15)12-6-4-5-9-19-12;1-2-6-14-9(3-1)11-16-17-12(18-11)10-7-13(4-5-13)8-15-10;1-11(2,3)17-10(16)13-7-12(4-5-12)6-8(13)9(14)15;7-9-6(10)5-3-1-2-4-8-5/h4-5,7,10,14-15,17,29H,2-3,6,8-9,11-13H2,1H3;4-6,9,13H,7-8,10-11H2,1-3H3,(H,20,23)(H,21,24);4-6,9,13H,7-8,10-11H2,1-3H3;1-3,6,10,15H,4-5,7-8H2;8H,4-7H2,1-3H3,(H,14,15);1-4H,7H2,(H,9,10)/t15-,17+;2*13-;10-;8-;/m10000./s1. The number of likely N-dealkylation sites (tertiary alicyclic amines) is 4. The lowest BCUT2D eigenvalue weighted by molar-refractivity contribution is -0.157. The maximum atomic E-state index is 13.4. The molecule has 38 nitrogen and oxygen atoms in total. The van der Waals surface area contributed by atoms with Crippen LogP contribution in [0.3, 0.4) is 0 Å². The summed E-state index contributed by atoms with van der Waals surface area (Å²) in [5.74, 6) is 4.86. The van der Waals surface area contributed by atoms with Gasteiger partial charge in [-0.15, -0.1) is 30.6 Å². The van der Waals surface area contributed by atoms with Gasteiger partial charge < -0.3 is 42.8 Å². The minimum atomic E-state index is -0.931. The zero-order chi connectivity index (χ0) is 90.0. The van der Waals surface area contributed by atoms with E-state index in [1.54, 1.807) is 107 Å². The van der Waals surface area contributed by atoms with Crippen LogP contribution in [0.2, 0.25) is 0 Å². The Labute approximate surface area is 729 Å². The van der Waals surface area contributed by atoms with Gasteiger partial charge in [-0.1, -0.05) is 50.1 Å². The number of carboxylic acids is 1. The van der Waals surface area contributed by atoms with Crippen molar-refractivity contribution >= 4 is 54.3 Å². The third kappa shape index (κ3) is 24.0. The van der Waals surface area contributed by atoms with Gasteiger partial charge in [-0.25, -0.2) is 30.1 Å². The number of ether oxygens (including phenoxy) is 3. The third-order valence-corrected chi connectivity index (χ3v) is 23.8. The minimum absolute atomic E-state index is 0.0123. The zero-order valence-electron chi connectivity index (χ0n) is 72.8. The first-order valence-electron chi connectivity index (χ1n) is 42.9. The molecule has 0 radical (unpaired) electrons. The molecule has 6 atom stereocenters. The zero-order valence-corrected chi connectivity index (χ0v) is 72.8. The van der Waals surface area contributed by atoms with E-state index in [1.165, 1.54) is 35.0 Å². The topological polar surface area (TPSA) is 493 Å². The molecule has 8 amide bonds. The molecule has 0 bridgehead atoms. The molecule has 10 aliphatic rings. The van der Waals surface area contributed by atoms with Gasteiger partial charge in [-0.05, 0) is 253 Å². The Bertz CT molecular complexity index is 5080. The van der Waals surface area contributed by atoms with Crippen LogP contribution in [0, 0.1) is 33.0 Å². The first kappa shape index (κ1) is 91.4. The molecule has 0 unspecified atom stereocenters. The Morgan fingerprint density at radius 1 is 0.508 bits per heavy atom. The molecule has 5 saturated heterocycles. The summed E-state index contributed by atoms with van der Waals surface area (Å²) in [6, 6.07) is 24.9. The summed E-state index contributed by atoms with van der Waals surface area (Å²) in [4.78, 5) is 135. The van der Waals surface area contributed by atoms with E-state index < -0.39 is 64.8 Å². The summed E-state index contributed by atoms with van der Waals surface area (Å²) in [6.07, 6.45) is 24.5. The number of nitrogens with two attached hydrogens (primary N) is 1. The number of pyridine rings is 5. The van der Waals surface area contributed by atoms with Crippen molar-refractivity contribution in [1.82, 2.24) is 102 Å². The second-order valence-electron chi connectivity index (χ2n) is 37.5. The van der Waals surface area contributed by atoms with Crippen molar-refractivity contribution in [3.63, 3.8) is 0 Å². The second kappa shape index (κ2) is 38.3. The van der Waals surface area contributed by atoms with E-state index in [2.05, 4.69) is 71.7 Å². The fourth-order valence-corrected chi connectivity index (χ4v) is 16.2. The lowest BCUT2D eigenvalue weighted by atomic mass is 9.99. The lowest BCUT2D eigenvalue weighted by Crippen LogP contribution is -2.52. The van der Waals surface area contributed by atoms with Crippen LogP contribution in [0.1, 0.15) is 242 Å². The average molecular weight is 1740 g/mol. The Balaban J connectivity index is 0.000000133. The normalized spacial score (nSPS) is 21.1. The fraction of sp³-hybridized carbons (Fsp3) is 0.545. The highest BCUT2D eigenvalue weighted by Crippen LogP contribution is 2.61. The first-order valence-corrected chi connectivity index (χ1v) is 42.9. The minimum Gasteiger partial charge on any atom is -0.480 e. The Morgan fingerprint density at radius 2 is 0.897 bits per heavy atom. The summed E-state index contributed by atoms with van der Waals surface area (Å²) in [5.41, 5.74) is 8.40. The Morgan fingerprint density at radius 3 is 1.29 bits per heavy atom. The molecule has 5 aliphatic heterocycles. The number of hydrazine groups is 2. The van der Waals surface area contributed by atoms with Gasteiger partial charge in [-0.2, -0.15) is 0 Å². The summed E-state index contributed by atoms with van der Waals surface area (Å²) >= 11 is 0.